The molecule has 32 heavy (non-hydrogen) atoms. The van der Waals surface area contributed by atoms with Crippen molar-refractivity contribution in [2.75, 3.05) is 6.54 Å². The van der Waals surface area contributed by atoms with Gasteiger partial charge in [0.05, 0.1) is 23.3 Å². The van der Waals surface area contributed by atoms with Crippen LogP contribution in [0.25, 0.3) is 0 Å². The SMILES string of the molecule is CCN[C@@H]1CC[C@H](O[C@H](C)c2cc(C(F)(F)F)cc(C(F)(F)F)c2)[C@H]1c1ccc(F)cc1. The van der Waals surface area contributed by atoms with E-state index in [9.17, 15) is 30.7 Å². The van der Waals surface area contributed by atoms with Crippen molar-refractivity contribution in [3.63, 3.8) is 0 Å². The first-order valence-corrected chi connectivity index (χ1v) is 10.3. The van der Waals surface area contributed by atoms with Gasteiger partial charge in [-0.25, -0.2) is 4.39 Å². The third-order valence-electron chi connectivity index (χ3n) is 5.78. The molecule has 1 aliphatic rings. The van der Waals surface area contributed by atoms with Crippen LogP contribution in [-0.4, -0.2) is 18.7 Å². The summed E-state index contributed by atoms with van der Waals surface area (Å²) < 4.78 is 98.7. The van der Waals surface area contributed by atoms with Gasteiger partial charge in [-0.05, 0) is 67.8 Å². The summed E-state index contributed by atoms with van der Waals surface area (Å²) in [5, 5.41) is 3.34. The van der Waals surface area contributed by atoms with E-state index >= 15 is 0 Å². The standard InChI is InChI=1S/C23H24F7NO/c1-3-31-19-8-9-20(21(19)14-4-6-18(24)7-5-14)32-13(2)15-10-16(22(25,26)27)12-17(11-15)23(28,29)30/h4-7,10-13,19-21,31H,3,8-9H2,1-2H3/t13-,19-,20+,21+/m1/s1. The number of alkyl halides is 6. The van der Waals surface area contributed by atoms with Gasteiger partial charge in [-0.3, -0.25) is 0 Å². The summed E-state index contributed by atoms with van der Waals surface area (Å²) >= 11 is 0. The molecule has 9 heteroatoms. The van der Waals surface area contributed by atoms with Crippen molar-refractivity contribution in [3.8, 4) is 0 Å². The van der Waals surface area contributed by atoms with E-state index in [1.165, 1.54) is 19.1 Å². The van der Waals surface area contributed by atoms with Crippen LogP contribution < -0.4 is 5.32 Å². The van der Waals surface area contributed by atoms with Crippen LogP contribution >= 0.6 is 0 Å². The number of benzene rings is 2. The number of likely N-dealkylation sites (N-methyl/N-ethyl adjacent to an activating group) is 1. The topological polar surface area (TPSA) is 21.3 Å². The zero-order valence-corrected chi connectivity index (χ0v) is 17.5. The Hall–Kier alpha value is -2.13. The number of halogens is 7. The van der Waals surface area contributed by atoms with E-state index in [1.54, 1.807) is 12.1 Å². The maximum Gasteiger partial charge on any atom is 0.416 e. The maximum absolute atomic E-state index is 13.4. The zero-order chi connectivity index (χ0) is 23.7. The predicted molar refractivity (Wildman–Crippen MR) is 106 cm³/mol. The Balaban J connectivity index is 1.90. The van der Waals surface area contributed by atoms with Gasteiger partial charge in [-0.15, -0.1) is 0 Å². The van der Waals surface area contributed by atoms with Gasteiger partial charge in [0.1, 0.15) is 5.82 Å². The van der Waals surface area contributed by atoms with E-state index in [-0.39, 0.29) is 23.6 Å². The molecule has 2 aromatic rings. The highest BCUT2D eigenvalue weighted by atomic mass is 19.4. The smallest absolute Gasteiger partial charge is 0.370 e. The van der Waals surface area contributed by atoms with Crippen LogP contribution in [0.3, 0.4) is 0 Å². The number of hydrogen-bond acceptors (Lipinski definition) is 2. The van der Waals surface area contributed by atoms with E-state index in [0.717, 1.165) is 5.56 Å². The van der Waals surface area contributed by atoms with Gasteiger partial charge in [0.15, 0.2) is 0 Å². The number of ether oxygens (including phenoxy) is 1. The lowest BCUT2D eigenvalue weighted by Crippen LogP contribution is -2.35. The third-order valence-corrected chi connectivity index (χ3v) is 5.78. The van der Waals surface area contributed by atoms with E-state index in [4.69, 9.17) is 4.74 Å². The van der Waals surface area contributed by atoms with Crippen LogP contribution in [0, 0.1) is 5.82 Å². The van der Waals surface area contributed by atoms with Gasteiger partial charge in [0.25, 0.3) is 0 Å². The van der Waals surface area contributed by atoms with Gasteiger partial charge in [0.2, 0.25) is 0 Å². The molecule has 0 radical (unpaired) electrons. The fourth-order valence-electron chi connectivity index (χ4n) is 4.29. The van der Waals surface area contributed by atoms with Crippen molar-refractivity contribution >= 4 is 0 Å². The molecular formula is C23H24F7NO. The molecule has 1 N–H and O–H groups in total. The second-order valence-electron chi connectivity index (χ2n) is 7.97. The Morgan fingerprint density at radius 1 is 0.938 bits per heavy atom. The van der Waals surface area contributed by atoms with Crippen LogP contribution in [0.1, 0.15) is 61.0 Å². The Kier molecular flexibility index (Phi) is 7.19. The first-order valence-electron chi connectivity index (χ1n) is 10.3. The van der Waals surface area contributed by atoms with E-state index in [1.807, 2.05) is 6.92 Å². The molecule has 1 saturated carbocycles. The molecule has 4 atom stereocenters. The lowest BCUT2D eigenvalue weighted by Gasteiger charge is -2.29. The predicted octanol–water partition coefficient (Wildman–Crippen LogP) is 6.87. The summed E-state index contributed by atoms with van der Waals surface area (Å²) in [7, 11) is 0. The molecule has 0 unspecified atom stereocenters. The van der Waals surface area contributed by atoms with Crippen molar-refractivity contribution < 1.29 is 35.5 Å². The highest BCUT2D eigenvalue weighted by Crippen LogP contribution is 2.42. The van der Waals surface area contributed by atoms with E-state index < -0.39 is 41.5 Å². The molecule has 0 aromatic heterocycles. The Morgan fingerprint density at radius 3 is 2.00 bits per heavy atom. The fourth-order valence-corrected chi connectivity index (χ4v) is 4.29. The largest absolute Gasteiger partial charge is 0.416 e. The number of nitrogens with one attached hydrogen (secondary N) is 1. The molecule has 1 fully saturated rings. The molecule has 1 aliphatic carbocycles. The van der Waals surface area contributed by atoms with Gasteiger partial charge in [-0.1, -0.05) is 19.1 Å². The summed E-state index contributed by atoms with van der Waals surface area (Å²) in [5.74, 6) is -0.618. The fraction of sp³-hybridized carbons (Fsp3) is 0.478. The molecule has 2 aromatic carbocycles. The van der Waals surface area contributed by atoms with Crippen LogP contribution in [0.4, 0.5) is 30.7 Å². The number of rotatable bonds is 6. The average molecular weight is 463 g/mol. The minimum atomic E-state index is -4.92. The molecule has 0 heterocycles. The van der Waals surface area contributed by atoms with Gasteiger partial charge < -0.3 is 10.1 Å². The van der Waals surface area contributed by atoms with Crippen molar-refractivity contribution in [1.82, 2.24) is 5.32 Å². The molecule has 0 saturated heterocycles. The first-order chi connectivity index (χ1) is 14.9. The summed E-state index contributed by atoms with van der Waals surface area (Å²) in [5.41, 5.74) is -2.14. The molecule has 0 amide bonds. The second kappa shape index (κ2) is 9.39. The van der Waals surface area contributed by atoms with Crippen molar-refractivity contribution in [1.29, 1.82) is 0 Å². The minimum Gasteiger partial charge on any atom is -0.370 e. The molecule has 3 rings (SSSR count). The first kappa shape index (κ1) is 24.5. The Morgan fingerprint density at radius 2 is 1.50 bits per heavy atom. The maximum atomic E-state index is 13.4. The molecule has 0 aliphatic heterocycles. The molecule has 0 bridgehead atoms. The van der Waals surface area contributed by atoms with Crippen molar-refractivity contribution in [2.24, 2.45) is 0 Å². The monoisotopic (exact) mass is 463 g/mol. The van der Waals surface area contributed by atoms with E-state index in [0.29, 0.717) is 31.5 Å². The van der Waals surface area contributed by atoms with Crippen LogP contribution in [0.2, 0.25) is 0 Å². The summed E-state index contributed by atoms with van der Waals surface area (Å²) in [4.78, 5) is 0. The summed E-state index contributed by atoms with van der Waals surface area (Å²) in [6.07, 6.45) is -10.0. The highest BCUT2D eigenvalue weighted by molar-refractivity contribution is 5.35. The van der Waals surface area contributed by atoms with Crippen LogP contribution in [-0.2, 0) is 17.1 Å². The molecule has 176 valence electrons. The quantitative estimate of drug-likeness (QED) is 0.473. The van der Waals surface area contributed by atoms with Crippen LogP contribution in [0.5, 0.6) is 0 Å². The Bertz CT molecular complexity index is 876. The lowest BCUT2D eigenvalue weighted by molar-refractivity contribution is -0.143. The van der Waals surface area contributed by atoms with Gasteiger partial charge in [0, 0.05) is 12.0 Å². The summed E-state index contributed by atoms with van der Waals surface area (Å²) in [6, 6.07) is 7.39. The third kappa shape index (κ3) is 5.61. The number of hydrogen-bond donors (Lipinski definition) is 1. The van der Waals surface area contributed by atoms with Crippen molar-refractivity contribution in [3.05, 3.63) is 70.5 Å². The van der Waals surface area contributed by atoms with Crippen LogP contribution in [0.15, 0.2) is 42.5 Å². The van der Waals surface area contributed by atoms with Crippen molar-refractivity contribution in [2.45, 2.75) is 63.2 Å². The molecular weight excluding hydrogens is 439 g/mol. The van der Waals surface area contributed by atoms with Gasteiger partial charge >= 0.3 is 12.4 Å². The molecule has 0 spiro atoms. The highest BCUT2D eigenvalue weighted by Gasteiger charge is 2.40. The average Bonchev–Trinajstić information content (AvgIpc) is 3.09. The lowest BCUT2D eigenvalue weighted by atomic mass is 9.92. The summed E-state index contributed by atoms with van der Waals surface area (Å²) in [6.45, 7) is 4.05. The zero-order valence-electron chi connectivity index (χ0n) is 17.5. The van der Waals surface area contributed by atoms with E-state index in [2.05, 4.69) is 5.32 Å². The minimum absolute atomic E-state index is 0.00472. The van der Waals surface area contributed by atoms with Gasteiger partial charge in [-0.2, -0.15) is 26.3 Å². The normalized spacial score (nSPS) is 22.8. The Labute approximate surface area is 181 Å². The second-order valence-corrected chi connectivity index (χ2v) is 7.97. The molecule has 2 nitrogen and oxygen atoms in total.